The second-order valence-corrected chi connectivity index (χ2v) is 6.20. The van der Waals surface area contributed by atoms with E-state index in [0.29, 0.717) is 30.3 Å². The van der Waals surface area contributed by atoms with Gasteiger partial charge in [-0.3, -0.25) is 4.98 Å². The summed E-state index contributed by atoms with van der Waals surface area (Å²) < 4.78 is 26.0. The SMILES string of the molecule is COCCOc1ccc(-c2cn(-c3cncc(F)c3)c3c2C(O)N=CN3)cc1. The maximum atomic E-state index is 13.7. The molecule has 0 aliphatic carbocycles. The Hall–Kier alpha value is -3.23. The lowest BCUT2D eigenvalue weighted by Gasteiger charge is -2.17. The Morgan fingerprint density at radius 3 is 2.79 bits per heavy atom. The zero-order valence-corrected chi connectivity index (χ0v) is 15.2. The number of methoxy groups -OCH3 is 1. The Morgan fingerprint density at radius 2 is 2.04 bits per heavy atom. The molecule has 3 heterocycles. The van der Waals surface area contributed by atoms with Gasteiger partial charge in [0.1, 0.15) is 24.0 Å². The number of fused-ring (bicyclic) bond motifs is 1. The molecule has 0 bridgehead atoms. The summed E-state index contributed by atoms with van der Waals surface area (Å²) in [5.74, 6) is 0.898. The lowest BCUT2D eigenvalue weighted by atomic mass is 10.0. The number of aliphatic imine (C=N–C) groups is 1. The molecule has 3 aromatic rings. The molecule has 1 atom stereocenters. The van der Waals surface area contributed by atoms with Crippen LogP contribution >= 0.6 is 0 Å². The summed E-state index contributed by atoms with van der Waals surface area (Å²) in [5, 5.41) is 13.5. The molecule has 7 nitrogen and oxygen atoms in total. The van der Waals surface area contributed by atoms with Gasteiger partial charge < -0.3 is 24.5 Å². The molecule has 1 aliphatic heterocycles. The third kappa shape index (κ3) is 3.47. The minimum absolute atomic E-state index is 0.441. The minimum atomic E-state index is -1.02. The zero-order valence-electron chi connectivity index (χ0n) is 15.2. The van der Waals surface area contributed by atoms with Crippen molar-refractivity contribution in [3.05, 3.63) is 60.3 Å². The highest BCUT2D eigenvalue weighted by Gasteiger charge is 2.25. The predicted octanol–water partition coefficient (Wildman–Crippen LogP) is 3.15. The molecular weight excluding hydrogens is 363 g/mol. The van der Waals surface area contributed by atoms with Crippen LogP contribution in [0.4, 0.5) is 10.2 Å². The molecule has 4 rings (SSSR count). The monoisotopic (exact) mass is 382 g/mol. The lowest BCUT2D eigenvalue weighted by molar-refractivity contribution is 0.146. The largest absolute Gasteiger partial charge is 0.491 e. The van der Waals surface area contributed by atoms with Crippen LogP contribution in [0.1, 0.15) is 11.8 Å². The topological polar surface area (TPSA) is 80.9 Å². The maximum absolute atomic E-state index is 13.7. The number of hydrogen-bond acceptors (Lipinski definition) is 6. The van der Waals surface area contributed by atoms with Crippen molar-refractivity contribution in [2.75, 3.05) is 25.6 Å². The minimum Gasteiger partial charge on any atom is -0.491 e. The Morgan fingerprint density at radius 1 is 1.21 bits per heavy atom. The van der Waals surface area contributed by atoms with Gasteiger partial charge in [0.2, 0.25) is 0 Å². The summed E-state index contributed by atoms with van der Waals surface area (Å²) in [4.78, 5) is 7.94. The molecular formula is C20H19FN4O3. The van der Waals surface area contributed by atoms with E-state index in [-0.39, 0.29) is 0 Å². The van der Waals surface area contributed by atoms with E-state index in [0.717, 1.165) is 23.1 Å². The van der Waals surface area contributed by atoms with Crippen molar-refractivity contribution >= 4 is 12.2 Å². The summed E-state index contributed by atoms with van der Waals surface area (Å²) in [6, 6.07) is 8.88. The van der Waals surface area contributed by atoms with Gasteiger partial charge in [0, 0.05) is 24.9 Å². The van der Waals surface area contributed by atoms with Crippen LogP contribution in [0.15, 0.2) is 53.9 Å². The van der Waals surface area contributed by atoms with Gasteiger partial charge in [0.05, 0.1) is 36.6 Å². The molecule has 1 unspecified atom stereocenters. The Balaban J connectivity index is 1.73. The highest BCUT2D eigenvalue weighted by Crippen LogP contribution is 2.40. The normalized spacial score (nSPS) is 15.2. The van der Waals surface area contributed by atoms with E-state index in [4.69, 9.17) is 9.47 Å². The predicted molar refractivity (Wildman–Crippen MR) is 103 cm³/mol. The summed E-state index contributed by atoms with van der Waals surface area (Å²) in [6.45, 7) is 0.973. The van der Waals surface area contributed by atoms with Gasteiger partial charge in [-0.2, -0.15) is 0 Å². The van der Waals surface area contributed by atoms with Crippen LogP contribution in [0.2, 0.25) is 0 Å². The fraction of sp³-hybridized carbons (Fsp3) is 0.200. The average Bonchev–Trinajstić information content (AvgIpc) is 3.10. The first-order valence-corrected chi connectivity index (χ1v) is 8.72. The maximum Gasteiger partial charge on any atom is 0.177 e. The van der Waals surface area contributed by atoms with Crippen molar-refractivity contribution in [3.8, 4) is 22.6 Å². The number of ether oxygens (including phenoxy) is 2. The smallest absolute Gasteiger partial charge is 0.177 e. The van der Waals surface area contributed by atoms with Crippen molar-refractivity contribution in [3.63, 3.8) is 0 Å². The molecule has 144 valence electrons. The van der Waals surface area contributed by atoms with E-state index < -0.39 is 12.0 Å². The summed E-state index contributed by atoms with van der Waals surface area (Å²) in [7, 11) is 1.62. The number of rotatable bonds is 6. The van der Waals surface area contributed by atoms with Crippen LogP contribution in [0.3, 0.4) is 0 Å². The molecule has 0 saturated heterocycles. The highest BCUT2D eigenvalue weighted by molar-refractivity contribution is 5.86. The molecule has 0 saturated carbocycles. The van der Waals surface area contributed by atoms with Crippen molar-refractivity contribution in [2.45, 2.75) is 6.23 Å². The standard InChI is InChI=1S/C20H19FN4O3/c1-27-6-7-28-16-4-2-13(3-5-16)17-11-25(15-8-14(21)9-22-10-15)19-18(17)20(26)24-12-23-19/h2-5,8-12,20,26H,6-7H2,1H3,(H,23,24). The van der Waals surface area contributed by atoms with Crippen molar-refractivity contribution < 1.29 is 19.0 Å². The van der Waals surface area contributed by atoms with Crippen molar-refractivity contribution in [2.24, 2.45) is 4.99 Å². The quantitative estimate of drug-likeness (QED) is 0.640. The van der Waals surface area contributed by atoms with Gasteiger partial charge in [0.15, 0.2) is 6.23 Å². The van der Waals surface area contributed by atoms with Crippen LogP contribution in [-0.4, -0.2) is 41.3 Å². The van der Waals surface area contributed by atoms with Gasteiger partial charge in [-0.05, 0) is 17.7 Å². The van der Waals surface area contributed by atoms with Crippen LogP contribution in [0, 0.1) is 5.82 Å². The molecule has 2 aromatic heterocycles. The Bertz CT molecular complexity index is 1000. The zero-order chi connectivity index (χ0) is 19.5. The molecule has 1 aromatic carbocycles. The summed E-state index contributed by atoms with van der Waals surface area (Å²) in [6.07, 6.45) is 4.93. The molecule has 0 radical (unpaired) electrons. The Labute approximate surface area is 161 Å². The van der Waals surface area contributed by atoms with E-state index in [2.05, 4.69) is 15.3 Å². The van der Waals surface area contributed by atoms with Crippen LogP contribution in [0.5, 0.6) is 5.75 Å². The number of pyridine rings is 1. The number of benzene rings is 1. The summed E-state index contributed by atoms with van der Waals surface area (Å²) >= 11 is 0. The molecule has 8 heteroatoms. The van der Waals surface area contributed by atoms with Gasteiger partial charge in [-0.1, -0.05) is 12.1 Å². The van der Waals surface area contributed by atoms with E-state index in [1.165, 1.54) is 12.4 Å². The first kappa shape index (κ1) is 18.1. The van der Waals surface area contributed by atoms with Gasteiger partial charge in [-0.15, -0.1) is 0 Å². The number of anilines is 1. The van der Waals surface area contributed by atoms with Gasteiger partial charge in [-0.25, -0.2) is 9.38 Å². The number of hydrogen-bond donors (Lipinski definition) is 2. The van der Waals surface area contributed by atoms with E-state index in [9.17, 15) is 9.50 Å². The van der Waals surface area contributed by atoms with Gasteiger partial charge in [0.25, 0.3) is 0 Å². The highest BCUT2D eigenvalue weighted by atomic mass is 19.1. The third-order valence-corrected chi connectivity index (χ3v) is 4.41. The molecule has 0 fully saturated rings. The van der Waals surface area contributed by atoms with E-state index in [1.54, 1.807) is 17.9 Å². The average molecular weight is 382 g/mol. The molecule has 2 N–H and O–H groups in total. The number of aliphatic hydroxyl groups excluding tert-OH is 1. The van der Waals surface area contributed by atoms with E-state index in [1.807, 2.05) is 30.5 Å². The summed E-state index contributed by atoms with van der Waals surface area (Å²) in [5.41, 5.74) is 2.80. The van der Waals surface area contributed by atoms with Crippen LogP contribution in [-0.2, 0) is 4.74 Å². The Kier molecular flexibility index (Phi) is 5.05. The van der Waals surface area contributed by atoms with Crippen molar-refractivity contribution in [1.29, 1.82) is 0 Å². The second-order valence-electron chi connectivity index (χ2n) is 6.20. The second kappa shape index (κ2) is 7.79. The van der Waals surface area contributed by atoms with E-state index >= 15 is 0 Å². The third-order valence-electron chi connectivity index (χ3n) is 4.41. The number of halogens is 1. The number of nitrogens with zero attached hydrogens (tertiary/aromatic N) is 3. The molecule has 0 spiro atoms. The number of aromatic nitrogens is 2. The first-order valence-electron chi connectivity index (χ1n) is 8.72. The molecule has 28 heavy (non-hydrogen) atoms. The fourth-order valence-corrected chi connectivity index (χ4v) is 3.11. The number of aliphatic hydroxyl groups is 1. The lowest BCUT2D eigenvalue weighted by Crippen LogP contribution is -2.12. The van der Waals surface area contributed by atoms with Crippen LogP contribution < -0.4 is 10.1 Å². The number of nitrogens with one attached hydrogen (secondary N) is 1. The van der Waals surface area contributed by atoms with Crippen molar-refractivity contribution in [1.82, 2.24) is 9.55 Å². The van der Waals surface area contributed by atoms with Gasteiger partial charge >= 0.3 is 0 Å². The molecule has 1 aliphatic rings. The fourth-order valence-electron chi connectivity index (χ4n) is 3.11. The van der Waals surface area contributed by atoms with Crippen LogP contribution in [0.25, 0.3) is 16.8 Å². The molecule has 0 amide bonds. The first-order chi connectivity index (χ1) is 13.7.